The summed E-state index contributed by atoms with van der Waals surface area (Å²) in [6.07, 6.45) is 1.79. The highest BCUT2D eigenvalue weighted by atomic mass is 19.3. The van der Waals surface area contributed by atoms with E-state index in [-0.39, 0.29) is 11.7 Å². The van der Waals surface area contributed by atoms with E-state index in [2.05, 4.69) is 9.64 Å². The van der Waals surface area contributed by atoms with Gasteiger partial charge in [-0.05, 0) is 36.4 Å². The van der Waals surface area contributed by atoms with Gasteiger partial charge in [0, 0.05) is 31.8 Å². The Morgan fingerprint density at radius 1 is 1.00 bits per heavy atom. The number of alkyl halides is 2. The number of ether oxygens (including phenoxy) is 1. The second-order valence-electron chi connectivity index (χ2n) is 6.47. The lowest BCUT2D eigenvalue weighted by atomic mass is 10.0. The van der Waals surface area contributed by atoms with Crippen LogP contribution >= 0.6 is 0 Å². The first-order valence-corrected chi connectivity index (χ1v) is 8.83. The zero-order valence-corrected chi connectivity index (χ0v) is 15.1. The summed E-state index contributed by atoms with van der Waals surface area (Å²) in [7, 11) is 2.04. The molecule has 1 heterocycles. The lowest BCUT2D eigenvalue weighted by molar-refractivity contribution is -0.126. The van der Waals surface area contributed by atoms with Crippen molar-refractivity contribution in [2.75, 3.05) is 33.2 Å². The quantitative estimate of drug-likeness (QED) is 0.594. The Labute approximate surface area is 157 Å². The molecule has 0 radical (unpaired) electrons. The molecule has 0 bridgehead atoms. The van der Waals surface area contributed by atoms with E-state index in [1.807, 2.05) is 42.3 Å². The van der Waals surface area contributed by atoms with Crippen molar-refractivity contribution in [2.45, 2.75) is 6.61 Å². The van der Waals surface area contributed by atoms with Crippen molar-refractivity contribution in [1.82, 2.24) is 9.80 Å². The number of carbonyl (C=O) groups excluding carboxylic acids is 1. The Kier molecular flexibility index (Phi) is 6.19. The Morgan fingerprint density at radius 3 is 2.22 bits per heavy atom. The molecule has 2 aromatic rings. The Hall–Kier alpha value is -2.73. The summed E-state index contributed by atoms with van der Waals surface area (Å²) >= 11 is 0. The average molecular weight is 372 g/mol. The zero-order valence-electron chi connectivity index (χ0n) is 15.1. The van der Waals surface area contributed by atoms with Gasteiger partial charge in [0.2, 0.25) is 0 Å². The molecule has 0 aromatic heterocycles. The molecule has 0 aliphatic carbocycles. The van der Waals surface area contributed by atoms with E-state index in [1.54, 1.807) is 18.2 Å². The fraction of sp³-hybridized carbons (Fsp3) is 0.286. The summed E-state index contributed by atoms with van der Waals surface area (Å²) in [5.74, 6) is 0.0658. The minimum Gasteiger partial charge on any atom is -0.435 e. The molecule has 142 valence electrons. The molecule has 0 saturated carbocycles. The first kappa shape index (κ1) is 19.0. The summed E-state index contributed by atoms with van der Waals surface area (Å²) in [4.78, 5) is 17.2. The van der Waals surface area contributed by atoms with Crippen LogP contribution < -0.4 is 4.74 Å². The average Bonchev–Trinajstić information content (AvgIpc) is 2.68. The molecule has 1 aliphatic heterocycles. The molecule has 27 heavy (non-hydrogen) atoms. The van der Waals surface area contributed by atoms with Gasteiger partial charge in [0.1, 0.15) is 5.75 Å². The van der Waals surface area contributed by atoms with Gasteiger partial charge in [-0.15, -0.1) is 0 Å². The predicted octanol–water partition coefficient (Wildman–Crippen LogP) is 3.60. The smallest absolute Gasteiger partial charge is 0.387 e. The third-order valence-electron chi connectivity index (χ3n) is 4.52. The first-order valence-electron chi connectivity index (χ1n) is 8.83. The van der Waals surface area contributed by atoms with E-state index in [4.69, 9.17) is 0 Å². The van der Waals surface area contributed by atoms with Crippen LogP contribution in [-0.4, -0.2) is 55.5 Å². The monoisotopic (exact) mass is 372 g/mol. The summed E-state index contributed by atoms with van der Waals surface area (Å²) in [5, 5.41) is 0. The fourth-order valence-electron chi connectivity index (χ4n) is 2.98. The van der Waals surface area contributed by atoms with Gasteiger partial charge < -0.3 is 14.5 Å². The molecular formula is C21H22F2N2O2. The lowest BCUT2D eigenvalue weighted by Gasteiger charge is -2.33. The van der Waals surface area contributed by atoms with Crippen molar-refractivity contribution in [3.63, 3.8) is 0 Å². The van der Waals surface area contributed by atoms with Gasteiger partial charge in [0.25, 0.3) is 5.91 Å². The van der Waals surface area contributed by atoms with Crippen molar-refractivity contribution >= 4 is 17.6 Å². The van der Waals surface area contributed by atoms with Crippen LogP contribution in [0.25, 0.3) is 11.6 Å². The molecular weight excluding hydrogens is 350 g/mol. The van der Waals surface area contributed by atoms with Crippen LogP contribution in [0, 0.1) is 0 Å². The van der Waals surface area contributed by atoms with Crippen LogP contribution in [0.1, 0.15) is 11.1 Å². The van der Waals surface area contributed by atoms with Gasteiger partial charge in [-0.1, -0.05) is 42.5 Å². The third-order valence-corrected chi connectivity index (χ3v) is 4.52. The number of likely N-dealkylation sites (N-methyl/N-ethyl adjacent to an activating group) is 1. The first-order chi connectivity index (χ1) is 13.0. The SMILES string of the molecule is CN1CCN(C(=O)/C(=C/c2ccc(OC(F)F)cc2)c2ccccc2)CC1. The van der Waals surface area contributed by atoms with E-state index in [1.165, 1.54) is 12.1 Å². The number of rotatable bonds is 5. The summed E-state index contributed by atoms with van der Waals surface area (Å²) < 4.78 is 29.0. The molecule has 1 saturated heterocycles. The predicted molar refractivity (Wildman–Crippen MR) is 101 cm³/mol. The molecule has 2 aromatic carbocycles. The number of carbonyl (C=O) groups is 1. The molecule has 0 unspecified atom stereocenters. The van der Waals surface area contributed by atoms with E-state index >= 15 is 0 Å². The van der Waals surface area contributed by atoms with Gasteiger partial charge in [-0.25, -0.2) is 0 Å². The number of halogens is 2. The van der Waals surface area contributed by atoms with Gasteiger partial charge >= 0.3 is 6.61 Å². The highest BCUT2D eigenvalue weighted by molar-refractivity contribution is 6.24. The second-order valence-corrected chi connectivity index (χ2v) is 6.47. The van der Waals surface area contributed by atoms with Crippen LogP contribution in [0.4, 0.5) is 8.78 Å². The highest BCUT2D eigenvalue weighted by Crippen LogP contribution is 2.23. The number of piperazine rings is 1. The van der Waals surface area contributed by atoms with Crippen LogP contribution in [0.2, 0.25) is 0 Å². The highest BCUT2D eigenvalue weighted by Gasteiger charge is 2.23. The summed E-state index contributed by atoms with van der Waals surface area (Å²) in [5.41, 5.74) is 2.16. The van der Waals surface area contributed by atoms with Gasteiger partial charge in [0.15, 0.2) is 0 Å². The zero-order chi connectivity index (χ0) is 19.2. The van der Waals surface area contributed by atoms with E-state index in [0.717, 1.165) is 24.2 Å². The van der Waals surface area contributed by atoms with Crippen LogP contribution in [-0.2, 0) is 4.79 Å². The van der Waals surface area contributed by atoms with Crippen LogP contribution in [0.5, 0.6) is 5.75 Å². The van der Waals surface area contributed by atoms with Crippen molar-refractivity contribution < 1.29 is 18.3 Å². The molecule has 0 atom stereocenters. The largest absolute Gasteiger partial charge is 0.435 e. The fourth-order valence-corrected chi connectivity index (χ4v) is 2.98. The maximum Gasteiger partial charge on any atom is 0.387 e. The molecule has 4 nitrogen and oxygen atoms in total. The molecule has 6 heteroatoms. The molecule has 1 aliphatic rings. The minimum absolute atomic E-state index is 0.0257. The minimum atomic E-state index is -2.86. The standard InChI is InChI=1S/C21H22F2N2O2/c1-24-11-13-25(14-12-24)20(26)19(17-5-3-2-4-6-17)15-16-7-9-18(10-8-16)27-21(22)23/h2-10,15,21H,11-14H2,1H3/b19-15+. The van der Waals surface area contributed by atoms with Crippen molar-refractivity contribution in [3.05, 3.63) is 65.7 Å². The maximum atomic E-state index is 13.1. The molecule has 1 amide bonds. The third kappa shape index (κ3) is 5.14. The van der Waals surface area contributed by atoms with E-state index in [9.17, 15) is 13.6 Å². The second kappa shape index (κ2) is 8.77. The van der Waals surface area contributed by atoms with Crippen LogP contribution in [0.3, 0.4) is 0 Å². The lowest BCUT2D eigenvalue weighted by Crippen LogP contribution is -2.47. The topological polar surface area (TPSA) is 32.8 Å². The van der Waals surface area contributed by atoms with E-state index < -0.39 is 6.61 Å². The molecule has 0 N–H and O–H groups in total. The van der Waals surface area contributed by atoms with Crippen molar-refractivity contribution in [1.29, 1.82) is 0 Å². The Bertz CT molecular complexity index is 784. The summed E-state index contributed by atoms with van der Waals surface area (Å²) in [6.45, 7) is 0.188. The summed E-state index contributed by atoms with van der Waals surface area (Å²) in [6, 6.07) is 15.7. The number of amides is 1. The van der Waals surface area contributed by atoms with Crippen molar-refractivity contribution in [2.24, 2.45) is 0 Å². The number of hydrogen-bond acceptors (Lipinski definition) is 3. The normalized spacial score (nSPS) is 15.9. The Morgan fingerprint density at radius 2 is 1.63 bits per heavy atom. The number of hydrogen-bond donors (Lipinski definition) is 0. The molecule has 1 fully saturated rings. The van der Waals surface area contributed by atoms with Gasteiger partial charge in [0.05, 0.1) is 0 Å². The number of benzene rings is 2. The maximum absolute atomic E-state index is 13.1. The molecule has 0 spiro atoms. The molecule has 3 rings (SSSR count). The van der Waals surface area contributed by atoms with Crippen LogP contribution in [0.15, 0.2) is 54.6 Å². The number of nitrogens with zero attached hydrogens (tertiary/aromatic N) is 2. The van der Waals surface area contributed by atoms with Gasteiger partial charge in [-0.3, -0.25) is 4.79 Å². The van der Waals surface area contributed by atoms with Crippen molar-refractivity contribution in [3.8, 4) is 5.75 Å². The van der Waals surface area contributed by atoms with E-state index in [0.29, 0.717) is 18.7 Å². The van der Waals surface area contributed by atoms with Gasteiger partial charge in [-0.2, -0.15) is 8.78 Å². The Balaban J connectivity index is 1.88.